The average molecular weight is 428 g/mol. The first kappa shape index (κ1) is 22.7. The van der Waals surface area contributed by atoms with E-state index < -0.39 is 18.4 Å². The monoisotopic (exact) mass is 428 g/mol. The van der Waals surface area contributed by atoms with Crippen LogP contribution in [0.5, 0.6) is 17.2 Å². The Labute approximate surface area is 181 Å². The summed E-state index contributed by atoms with van der Waals surface area (Å²) in [7, 11) is 3.14. The van der Waals surface area contributed by atoms with Crippen LogP contribution in [-0.4, -0.2) is 37.0 Å². The summed E-state index contributed by atoms with van der Waals surface area (Å²) < 4.78 is 23.3. The van der Waals surface area contributed by atoms with Gasteiger partial charge in [-0.2, -0.15) is 0 Å². The maximum atomic E-state index is 10.7. The van der Waals surface area contributed by atoms with E-state index in [0.717, 1.165) is 0 Å². The number of hydrogen-bond acceptors (Lipinski definition) is 6. The van der Waals surface area contributed by atoms with Crippen LogP contribution in [0.25, 0.3) is 0 Å². The van der Waals surface area contributed by atoms with E-state index in [4.69, 9.17) is 24.1 Å². The number of carboxylic acids is 1. The van der Waals surface area contributed by atoms with Crippen LogP contribution in [0.15, 0.2) is 54.6 Å². The maximum Gasteiger partial charge on any atom is 0.303 e. The summed E-state index contributed by atoms with van der Waals surface area (Å²) in [4.78, 5) is 10.7. The first-order valence-electron chi connectivity index (χ1n) is 10.2. The van der Waals surface area contributed by atoms with Gasteiger partial charge < -0.3 is 29.2 Å². The van der Waals surface area contributed by atoms with Crippen LogP contribution in [0.3, 0.4) is 0 Å². The van der Waals surface area contributed by atoms with E-state index in [0.29, 0.717) is 42.1 Å². The van der Waals surface area contributed by atoms with Crippen molar-refractivity contribution in [1.82, 2.24) is 0 Å². The molecule has 3 atom stereocenters. The van der Waals surface area contributed by atoms with Crippen molar-refractivity contribution in [2.75, 3.05) is 20.8 Å². The Bertz CT molecular complexity index is 909. The average Bonchev–Trinajstić information content (AvgIpc) is 2.78. The van der Waals surface area contributed by atoms with Crippen molar-refractivity contribution in [2.24, 2.45) is 5.92 Å². The van der Waals surface area contributed by atoms with E-state index in [1.54, 1.807) is 32.4 Å². The molecule has 3 rings (SSSR count). The Morgan fingerprint density at radius 3 is 2.58 bits per heavy atom. The molecule has 1 heterocycles. The van der Waals surface area contributed by atoms with Gasteiger partial charge in [-0.15, -0.1) is 0 Å². The third-order valence-corrected chi connectivity index (χ3v) is 5.22. The predicted octanol–water partition coefficient (Wildman–Crippen LogP) is 4.62. The van der Waals surface area contributed by atoms with Gasteiger partial charge in [-0.05, 0) is 31.0 Å². The number of para-hydroxylation sites is 2. The second-order valence-electron chi connectivity index (χ2n) is 7.26. The van der Waals surface area contributed by atoms with Gasteiger partial charge in [0.15, 0.2) is 17.8 Å². The molecule has 1 aliphatic rings. The van der Waals surface area contributed by atoms with Gasteiger partial charge in [-0.3, -0.25) is 4.79 Å². The smallest absolute Gasteiger partial charge is 0.303 e. The lowest BCUT2D eigenvalue weighted by Gasteiger charge is -2.37. The molecule has 166 valence electrons. The molecule has 2 aromatic carbocycles. The number of carboxylic acid groups (broad SMARTS) is 1. The Kier molecular flexibility index (Phi) is 7.92. The van der Waals surface area contributed by atoms with Crippen molar-refractivity contribution >= 4 is 5.97 Å². The minimum atomic E-state index is -0.823. The van der Waals surface area contributed by atoms with E-state index >= 15 is 0 Å². The summed E-state index contributed by atoms with van der Waals surface area (Å²) in [5.41, 5.74) is 1.39. The van der Waals surface area contributed by atoms with Crippen LogP contribution in [0.2, 0.25) is 0 Å². The fourth-order valence-electron chi connectivity index (χ4n) is 3.69. The lowest BCUT2D eigenvalue weighted by atomic mass is 9.91. The summed E-state index contributed by atoms with van der Waals surface area (Å²) in [6, 6.07) is 12.6. The lowest BCUT2D eigenvalue weighted by molar-refractivity contribution is -0.244. The number of carbonyl (C=O) groups is 1. The van der Waals surface area contributed by atoms with E-state index in [-0.39, 0.29) is 18.1 Å². The van der Waals surface area contributed by atoms with Gasteiger partial charge in [0.05, 0.1) is 32.5 Å². The van der Waals surface area contributed by atoms with E-state index in [9.17, 15) is 9.90 Å². The van der Waals surface area contributed by atoms with E-state index in [2.05, 4.69) is 0 Å². The van der Waals surface area contributed by atoms with Gasteiger partial charge in [0.1, 0.15) is 5.75 Å². The van der Waals surface area contributed by atoms with Crippen molar-refractivity contribution in [3.8, 4) is 17.2 Å². The molecular weight excluding hydrogens is 400 g/mol. The number of phenols is 1. The molecule has 0 aliphatic carbocycles. The first-order valence-corrected chi connectivity index (χ1v) is 10.2. The van der Waals surface area contributed by atoms with Crippen LogP contribution in [0.4, 0.5) is 0 Å². The fourth-order valence-corrected chi connectivity index (χ4v) is 3.69. The Balaban J connectivity index is 1.84. The number of ether oxygens (including phenoxy) is 4. The molecule has 0 spiro atoms. The number of rotatable bonds is 9. The standard InChI is InChI=1S/C24H28O7/c1-28-20-13-8-11-18(23(20)29-2)24-30-15-16(9-4-3-5-14-21(26)27)22(31-24)17-10-6-7-12-19(17)25/h3-4,6-8,10-13,16,22,24-25H,5,9,14-15H2,1-2H3,(H,26,27)/t16-,22+,24+/m1/s1. The van der Waals surface area contributed by atoms with Gasteiger partial charge in [-0.1, -0.05) is 36.4 Å². The minimum Gasteiger partial charge on any atom is -0.508 e. The highest BCUT2D eigenvalue weighted by Gasteiger charge is 2.36. The summed E-state index contributed by atoms with van der Waals surface area (Å²) >= 11 is 0. The number of aromatic hydroxyl groups is 1. The molecule has 1 saturated heterocycles. The SMILES string of the molecule is COc1cccc([C@H]2OC[C@@H](CC=CCCC(=O)O)[C@@H](c3ccccc3O)O2)c1OC. The highest BCUT2D eigenvalue weighted by molar-refractivity contribution is 5.66. The molecule has 1 aliphatic heterocycles. The second kappa shape index (κ2) is 10.8. The van der Waals surface area contributed by atoms with Crippen molar-refractivity contribution in [1.29, 1.82) is 0 Å². The zero-order valence-corrected chi connectivity index (χ0v) is 17.7. The molecule has 0 radical (unpaired) electrons. The zero-order chi connectivity index (χ0) is 22.2. The molecule has 0 bridgehead atoms. The quantitative estimate of drug-likeness (QED) is 0.563. The van der Waals surface area contributed by atoms with Gasteiger partial charge in [0, 0.05) is 17.9 Å². The fraction of sp³-hybridized carbons (Fsp3) is 0.375. The van der Waals surface area contributed by atoms with Crippen molar-refractivity contribution in [3.05, 3.63) is 65.7 Å². The number of aliphatic carboxylic acids is 1. The third-order valence-electron chi connectivity index (χ3n) is 5.22. The van der Waals surface area contributed by atoms with Gasteiger partial charge in [0.2, 0.25) is 0 Å². The molecule has 31 heavy (non-hydrogen) atoms. The molecule has 7 nitrogen and oxygen atoms in total. The minimum absolute atomic E-state index is 0.0535. The molecule has 7 heteroatoms. The molecule has 0 unspecified atom stereocenters. The largest absolute Gasteiger partial charge is 0.508 e. The van der Waals surface area contributed by atoms with Crippen molar-refractivity contribution in [2.45, 2.75) is 31.7 Å². The molecule has 2 N–H and O–H groups in total. The summed E-state index contributed by atoms with van der Waals surface area (Å²) in [5, 5.41) is 19.2. The molecular formula is C24H28O7. The van der Waals surface area contributed by atoms with Crippen LogP contribution < -0.4 is 9.47 Å². The van der Waals surface area contributed by atoms with E-state index in [1.165, 1.54) is 0 Å². The maximum absolute atomic E-state index is 10.7. The number of benzene rings is 2. The summed E-state index contributed by atoms with van der Waals surface area (Å²) in [6.45, 7) is 0.396. The normalized spacial score (nSPS) is 21.2. The Hall–Kier alpha value is -3.03. The van der Waals surface area contributed by atoms with Gasteiger partial charge in [-0.25, -0.2) is 0 Å². The number of methoxy groups -OCH3 is 2. The highest BCUT2D eigenvalue weighted by Crippen LogP contribution is 2.45. The second-order valence-corrected chi connectivity index (χ2v) is 7.26. The third kappa shape index (κ3) is 5.57. The van der Waals surface area contributed by atoms with Crippen LogP contribution in [0, 0.1) is 5.92 Å². The molecule has 2 aromatic rings. The zero-order valence-electron chi connectivity index (χ0n) is 17.7. The van der Waals surface area contributed by atoms with Crippen LogP contribution >= 0.6 is 0 Å². The Morgan fingerprint density at radius 2 is 1.87 bits per heavy atom. The highest BCUT2D eigenvalue weighted by atomic mass is 16.7. The van der Waals surface area contributed by atoms with Gasteiger partial charge >= 0.3 is 5.97 Å². The molecule has 0 amide bonds. The van der Waals surface area contributed by atoms with Crippen LogP contribution in [0.1, 0.15) is 42.8 Å². The molecule has 0 aromatic heterocycles. The number of allylic oxidation sites excluding steroid dienone is 2. The van der Waals surface area contributed by atoms with Crippen LogP contribution in [-0.2, 0) is 14.3 Å². The van der Waals surface area contributed by atoms with E-state index in [1.807, 2.05) is 36.4 Å². The van der Waals surface area contributed by atoms with Crippen molar-refractivity contribution < 1.29 is 34.0 Å². The van der Waals surface area contributed by atoms with Gasteiger partial charge in [0.25, 0.3) is 0 Å². The lowest BCUT2D eigenvalue weighted by Crippen LogP contribution is -2.30. The Morgan fingerprint density at radius 1 is 1.10 bits per heavy atom. The first-order chi connectivity index (χ1) is 15.0. The topological polar surface area (TPSA) is 94.5 Å². The molecule has 1 fully saturated rings. The summed E-state index contributed by atoms with van der Waals surface area (Å²) in [5.74, 6) is 0.400. The van der Waals surface area contributed by atoms with Crippen molar-refractivity contribution in [3.63, 3.8) is 0 Å². The number of hydrogen-bond donors (Lipinski definition) is 2. The number of phenolic OH excluding ortho intramolecular Hbond substituents is 1. The summed E-state index contributed by atoms with van der Waals surface area (Å²) in [6.07, 6.45) is 3.87. The molecule has 0 saturated carbocycles. The predicted molar refractivity (Wildman–Crippen MR) is 114 cm³/mol.